The van der Waals surface area contributed by atoms with Crippen molar-refractivity contribution in [2.75, 3.05) is 12.9 Å². The van der Waals surface area contributed by atoms with Crippen molar-refractivity contribution in [2.45, 2.75) is 37.0 Å². The van der Waals surface area contributed by atoms with Gasteiger partial charge < -0.3 is 14.3 Å². The van der Waals surface area contributed by atoms with Crippen molar-refractivity contribution in [1.29, 1.82) is 0 Å². The number of methoxy groups -OCH3 is 1. The monoisotopic (exact) mass is 410 g/mol. The SMILES string of the molecule is COc1ccc(Cc2cc(O)c(SCCCCCc3ccccc3)c(=O)o2)cc1. The molecule has 0 aliphatic carbocycles. The Hall–Kier alpha value is -2.66. The second kappa shape index (κ2) is 10.8. The summed E-state index contributed by atoms with van der Waals surface area (Å²) >= 11 is 1.37. The van der Waals surface area contributed by atoms with Gasteiger partial charge in [-0.3, -0.25) is 0 Å². The quantitative estimate of drug-likeness (QED) is 0.356. The molecule has 5 heteroatoms. The molecule has 1 heterocycles. The minimum absolute atomic E-state index is 0.000882. The Balaban J connectivity index is 1.48. The molecule has 152 valence electrons. The molecule has 4 nitrogen and oxygen atoms in total. The molecule has 2 aromatic carbocycles. The summed E-state index contributed by atoms with van der Waals surface area (Å²) in [7, 11) is 1.62. The van der Waals surface area contributed by atoms with Crippen LogP contribution in [0.2, 0.25) is 0 Å². The maximum atomic E-state index is 12.3. The Morgan fingerprint density at radius 3 is 2.41 bits per heavy atom. The minimum Gasteiger partial charge on any atom is -0.506 e. The van der Waals surface area contributed by atoms with E-state index in [2.05, 4.69) is 24.3 Å². The standard InChI is InChI=1S/C24H26O4S/c1-27-20-13-11-19(12-14-20)16-21-17-22(25)23(24(26)28-21)29-15-7-3-6-10-18-8-4-2-5-9-18/h2,4-5,8-9,11-14,17,25H,3,6-7,10,15-16H2,1H3. The highest BCUT2D eigenvalue weighted by Gasteiger charge is 2.12. The second-order valence-corrected chi connectivity index (χ2v) is 7.99. The zero-order valence-electron chi connectivity index (χ0n) is 16.6. The van der Waals surface area contributed by atoms with Gasteiger partial charge in [0.1, 0.15) is 22.2 Å². The molecular weight excluding hydrogens is 384 g/mol. The number of aryl methyl sites for hydroxylation is 1. The normalized spacial score (nSPS) is 10.8. The average molecular weight is 411 g/mol. The smallest absolute Gasteiger partial charge is 0.353 e. The fourth-order valence-electron chi connectivity index (χ4n) is 3.11. The summed E-state index contributed by atoms with van der Waals surface area (Å²) in [6, 6.07) is 19.5. The number of hydrogen-bond acceptors (Lipinski definition) is 5. The molecular formula is C24H26O4S. The number of ether oxygens (including phenoxy) is 1. The molecule has 0 aliphatic rings. The van der Waals surface area contributed by atoms with E-state index < -0.39 is 5.63 Å². The third-order valence-electron chi connectivity index (χ3n) is 4.68. The summed E-state index contributed by atoms with van der Waals surface area (Å²) in [5.41, 5.74) is 1.86. The largest absolute Gasteiger partial charge is 0.506 e. The summed E-state index contributed by atoms with van der Waals surface area (Å²) < 4.78 is 10.6. The van der Waals surface area contributed by atoms with Crippen molar-refractivity contribution < 1.29 is 14.3 Å². The number of thioether (sulfide) groups is 1. The fourth-order valence-corrected chi connectivity index (χ4v) is 4.03. The highest BCUT2D eigenvalue weighted by atomic mass is 32.2. The number of unbranched alkanes of at least 4 members (excludes halogenated alkanes) is 2. The number of aromatic hydroxyl groups is 1. The van der Waals surface area contributed by atoms with E-state index in [1.165, 1.54) is 17.3 Å². The van der Waals surface area contributed by atoms with Crippen molar-refractivity contribution in [1.82, 2.24) is 0 Å². The Morgan fingerprint density at radius 1 is 0.966 bits per heavy atom. The van der Waals surface area contributed by atoms with E-state index >= 15 is 0 Å². The van der Waals surface area contributed by atoms with Crippen LogP contribution < -0.4 is 10.4 Å². The van der Waals surface area contributed by atoms with Crippen LogP contribution in [0.3, 0.4) is 0 Å². The van der Waals surface area contributed by atoms with E-state index in [9.17, 15) is 9.90 Å². The van der Waals surface area contributed by atoms with Crippen LogP contribution in [0.1, 0.15) is 36.1 Å². The molecule has 3 aromatic rings. The van der Waals surface area contributed by atoms with Gasteiger partial charge in [-0.15, -0.1) is 11.8 Å². The van der Waals surface area contributed by atoms with Crippen LogP contribution in [0.5, 0.6) is 11.5 Å². The number of benzene rings is 2. The Bertz CT molecular complexity index is 949. The van der Waals surface area contributed by atoms with Gasteiger partial charge in [-0.25, -0.2) is 4.79 Å². The molecule has 0 saturated carbocycles. The predicted molar refractivity (Wildman–Crippen MR) is 117 cm³/mol. The summed E-state index contributed by atoms with van der Waals surface area (Å²) in [6.45, 7) is 0. The molecule has 0 amide bonds. The van der Waals surface area contributed by atoms with E-state index in [1.54, 1.807) is 13.2 Å². The first-order chi connectivity index (χ1) is 14.2. The van der Waals surface area contributed by atoms with E-state index in [4.69, 9.17) is 9.15 Å². The molecule has 0 aliphatic heterocycles. The molecule has 0 atom stereocenters. The number of rotatable bonds is 10. The molecule has 0 saturated heterocycles. The van der Waals surface area contributed by atoms with Gasteiger partial charge in [0.05, 0.1) is 7.11 Å². The zero-order valence-corrected chi connectivity index (χ0v) is 17.4. The molecule has 0 unspecified atom stereocenters. The van der Waals surface area contributed by atoms with Crippen molar-refractivity contribution in [3.8, 4) is 11.5 Å². The van der Waals surface area contributed by atoms with Crippen LogP contribution in [0.25, 0.3) is 0 Å². The lowest BCUT2D eigenvalue weighted by atomic mass is 10.1. The van der Waals surface area contributed by atoms with Crippen LogP contribution in [-0.4, -0.2) is 18.0 Å². The third-order valence-corrected chi connectivity index (χ3v) is 5.83. The van der Waals surface area contributed by atoms with Gasteiger partial charge in [0.2, 0.25) is 0 Å². The van der Waals surface area contributed by atoms with Crippen molar-refractivity contribution >= 4 is 11.8 Å². The van der Waals surface area contributed by atoms with E-state index in [0.717, 1.165) is 42.7 Å². The van der Waals surface area contributed by atoms with Crippen LogP contribution in [0.4, 0.5) is 0 Å². The maximum absolute atomic E-state index is 12.3. The first-order valence-electron chi connectivity index (χ1n) is 9.81. The Labute approximate surface area is 175 Å². The predicted octanol–water partition coefficient (Wildman–Crippen LogP) is 5.45. The molecule has 1 N–H and O–H groups in total. The van der Waals surface area contributed by atoms with Crippen LogP contribution >= 0.6 is 11.8 Å². The van der Waals surface area contributed by atoms with Gasteiger partial charge in [-0.1, -0.05) is 48.9 Å². The van der Waals surface area contributed by atoms with Crippen LogP contribution in [0.15, 0.2) is 74.8 Å². The highest BCUT2D eigenvalue weighted by Crippen LogP contribution is 2.27. The van der Waals surface area contributed by atoms with Gasteiger partial charge >= 0.3 is 5.63 Å². The fraction of sp³-hybridized carbons (Fsp3) is 0.292. The van der Waals surface area contributed by atoms with Crippen molar-refractivity contribution in [3.63, 3.8) is 0 Å². The lowest BCUT2D eigenvalue weighted by Crippen LogP contribution is -2.05. The van der Waals surface area contributed by atoms with Crippen molar-refractivity contribution in [3.05, 3.63) is 88.0 Å². The van der Waals surface area contributed by atoms with Gasteiger partial charge in [-0.05, 0) is 48.3 Å². The lowest BCUT2D eigenvalue weighted by Gasteiger charge is -2.07. The zero-order chi connectivity index (χ0) is 20.5. The summed E-state index contributed by atoms with van der Waals surface area (Å²) in [6.07, 6.45) is 4.70. The molecule has 0 bridgehead atoms. The first kappa shape index (κ1) is 21.1. The van der Waals surface area contributed by atoms with Gasteiger partial charge in [0, 0.05) is 12.5 Å². The molecule has 0 radical (unpaired) electrons. The molecule has 3 rings (SSSR count). The Kier molecular flexibility index (Phi) is 7.82. The van der Waals surface area contributed by atoms with Gasteiger partial charge in [0.15, 0.2) is 0 Å². The summed E-state index contributed by atoms with van der Waals surface area (Å²) in [5, 5.41) is 10.3. The first-order valence-corrected chi connectivity index (χ1v) is 10.8. The molecule has 0 spiro atoms. The minimum atomic E-state index is -0.470. The lowest BCUT2D eigenvalue weighted by molar-refractivity contribution is 0.406. The Morgan fingerprint density at radius 2 is 1.72 bits per heavy atom. The maximum Gasteiger partial charge on any atom is 0.353 e. The topological polar surface area (TPSA) is 59.7 Å². The summed E-state index contributed by atoms with van der Waals surface area (Å²) in [5.74, 6) is 2.00. The number of hydrogen-bond donors (Lipinski definition) is 1. The second-order valence-electron chi connectivity index (χ2n) is 6.88. The highest BCUT2D eigenvalue weighted by molar-refractivity contribution is 7.99. The van der Waals surface area contributed by atoms with Gasteiger partial charge in [-0.2, -0.15) is 0 Å². The van der Waals surface area contributed by atoms with E-state index in [0.29, 0.717) is 17.1 Å². The van der Waals surface area contributed by atoms with Gasteiger partial charge in [0.25, 0.3) is 0 Å². The van der Waals surface area contributed by atoms with Crippen molar-refractivity contribution in [2.24, 2.45) is 0 Å². The third kappa shape index (κ3) is 6.43. The average Bonchev–Trinajstić information content (AvgIpc) is 2.73. The van der Waals surface area contributed by atoms with E-state index in [1.807, 2.05) is 30.3 Å². The van der Waals surface area contributed by atoms with Crippen LogP contribution in [-0.2, 0) is 12.8 Å². The molecule has 29 heavy (non-hydrogen) atoms. The van der Waals surface area contributed by atoms with Crippen LogP contribution in [0, 0.1) is 0 Å². The molecule has 0 fully saturated rings. The van der Waals surface area contributed by atoms with E-state index in [-0.39, 0.29) is 5.75 Å². The molecule has 1 aromatic heterocycles. The summed E-state index contributed by atoms with van der Waals surface area (Å²) in [4.78, 5) is 12.6.